The largest absolute Gasteiger partial charge is 0.409 e. The standard InChI is InChI=1S/C11H9F3N2O3S/c1-5(11(12,13)14)16-8(18)7-3-6(4-17)20-9(7)15(2)10(16)19/h3-5H,1-2H3. The third kappa shape index (κ3) is 2.07. The molecule has 0 saturated carbocycles. The summed E-state index contributed by atoms with van der Waals surface area (Å²) < 4.78 is 39.3. The molecule has 0 aromatic carbocycles. The summed E-state index contributed by atoms with van der Waals surface area (Å²) >= 11 is 0.880. The molecule has 0 bridgehead atoms. The van der Waals surface area contributed by atoms with Crippen LogP contribution in [0.5, 0.6) is 0 Å². The van der Waals surface area contributed by atoms with E-state index in [1.807, 2.05) is 0 Å². The maximum Gasteiger partial charge on any atom is 0.409 e. The predicted molar refractivity (Wildman–Crippen MR) is 67.5 cm³/mol. The number of hydrogen-bond donors (Lipinski definition) is 0. The molecular formula is C11H9F3N2O3S. The first-order valence-electron chi connectivity index (χ1n) is 5.45. The number of carbonyl (C=O) groups is 1. The van der Waals surface area contributed by atoms with Crippen LogP contribution in [0.2, 0.25) is 0 Å². The van der Waals surface area contributed by atoms with Crippen LogP contribution in [0, 0.1) is 0 Å². The number of halogens is 3. The minimum absolute atomic E-state index is 0.0738. The molecule has 2 heterocycles. The van der Waals surface area contributed by atoms with Crippen molar-refractivity contribution in [3.8, 4) is 0 Å². The zero-order valence-corrected chi connectivity index (χ0v) is 11.2. The van der Waals surface area contributed by atoms with Gasteiger partial charge in [0.1, 0.15) is 10.9 Å². The quantitative estimate of drug-likeness (QED) is 0.793. The molecule has 0 fully saturated rings. The summed E-state index contributed by atoms with van der Waals surface area (Å²) in [4.78, 5) is 35.0. The van der Waals surface area contributed by atoms with Crippen molar-refractivity contribution >= 4 is 27.8 Å². The minimum Gasteiger partial charge on any atom is -0.297 e. The monoisotopic (exact) mass is 306 g/mol. The highest BCUT2D eigenvalue weighted by Crippen LogP contribution is 2.28. The van der Waals surface area contributed by atoms with Crippen LogP contribution in [0.15, 0.2) is 15.7 Å². The van der Waals surface area contributed by atoms with Crippen LogP contribution in [0.3, 0.4) is 0 Å². The van der Waals surface area contributed by atoms with Gasteiger partial charge in [0.2, 0.25) is 0 Å². The lowest BCUT2D eigenvalue weighted by molar-refractivity contribution is -0.164. The van der Waals surface area contributed by atoms with Crippen molar-refractivity contribution < 1.29 is 18.0 Å². The normalized spacial score (nSPS) is 13.7. The van der Waals surface area contributed by atoms with Crippen molar-refractivity contribution in [1.82, 2.24) is 9.13 Å². The molecule has 0 spiro atoms. The number of aldehydes is 1. The summed E-state index contributed by atoms with van der Waals surface area (Å²) in [6.45, 7) is 0.738. The zero-order valence-electron chi connectivity index (χ0n) is 10.4. The van der Waals surface area contributed by atoms with Gasteiger partial charge >= 0.3 is 11.9 Å². The average Bonchev–Trinajstić information content (AvgIpc) is 2.79. The van der Waals surface area contributed by atoms with Gasteiger partial charge < -0.3 is 0 Å². The van der Waals surface area contributed by atoms with Crippen LogP contribution in [0.1, 0.15) is 22.6 Å². The van der Waals surface area contributed by atoms with E-state index in [1.54, 1.807) is 0 Å². The van der Waals surface area contributed by atoms with Gasteiger partial charge in [-0.2, -0.15) is 13.2 Å². The summed E-state index contributed by atoms with van der Waals surface area (Å²) in [6, 6.07) is -1.05. The Bertz CT molecular complexity index is 800. The van der Waals surface area contributed by atoms with Crippen LogP contribution in [0.25, 0.3) is 10.2 Å². The molecule has 0 saturated heterocycles. The zero-order chi connectivity index (χ0) is 15.2. The SMILES string of the molecule is CC(n1c(=O)c2cc(C=O)sc2n(C)c1=O)C(F)(F)F. The number of thiophene rings is 1. The Balaban J connectivity index is 2.90. The van der Waals surface area contributed by atoms with Gasteiger partial charge in [-0.05, 0) is 13.0 Å². The number of aryl methyl sites for hydroxylation is 1. The molecule has 0 amide bonds. The molecule has 0 N–H and O–H groups in total. The predicted octanol–water partition coefficient (Wildman–Crippen LogP) is 1.70. The van der Waals surface area contributed by atoms with Crippen LogP contribution in [-0.2, 0) is 7.05 Å². The van der Waals surface area contributed by atoms with Crippen molar-refractivity contribution in [1.29, 1.82) is 0 Å². The Morgan fingerprint density at radius 3 is 2.45 bits per heavy atom. The molecule has 0 aliphatic heterocycles. The van der Waals surface area contributed by atoms with Gasteiger partial charge in [0.15, 0.2) is 6.29 Å². The molecule has 108 valence electrons. The molecule has 0 aliphatic rings. The van der Waals surface area contributed by atoms with Crippen molar-refractivity contribution in [3.05, 3.63) is 31.8 Å². The number of aromatic nitrogens is 2. The lowest BCUT2D eigenvalue weighted by Crippen LogP contribution is -2.44. The van der Waals surface area contributed by atoms with Gasteiger partial charge in [0.05, 0.1) is 10.3 Å². The Morgan fingerprint density at radius 1 is 1.35 bits per heavy atom. The van der Waals surface area contributed by atoms with Crippen LogP contribution >= 0.6 is 11.3 Å². The summed E-state index contributed by atoms with van der Waals surface area (Å²) in [6.07, 6.45) is -4.24. The molecule has 1 atom stereocenters. The molecular weight excluding hydrogens is 297 g/mol. The van der Waals surface area contributed by atoms with Crippen molar-refractivity contribution in [2.24, 2.45) is 7.05 Å². The maximum atomic E-state index is 12.7. The van der Waals surface area contributed by atoms with E-state index in [-0.39, 0.29) is 19.7 Å². The molecule has 2 aromatic rings. The molecule has 0 aliphatic carbocycles. The molecule has 20 heavy (non-hydrogen) atoms. The number of hydrogen-bond acceptors (Lipinski definition) is 4. The summed E-state index contributed by atoms with van der Waals surface area (Å²) in [5.41, 5.74) is -2.11. The number of carbonyl (C=O) groups excluding carboxylic acids is 1. The molecule has 5 nitrogen and oxygen atoms in total. The number of fused-ring (bicyclic) bond motifs is 1. The highest BCUT2D eigenvalue weighted by atomic mass is 32.1. The van der Waals surface area contributed by atoms with Gasteiger partial charge in [0.25, 0.3) is 5.56 Å². The summed E-state index contributed by atoms with van der Waals surface area (Å²) in [5, 5.41) is -0.0738. The van der Waals surface area contributed by atoms with E-state index < -0.39 is 23.5 Å². The fourth-order valence-electron chi connectivity index (χ4n) is 1.81. The lowest BCUT2D eigenvalue weighted by Gasteiger charge is -2.18. The minimum atomic E-state index is -4.72. The van der Waals surface area contributed by atoms with Gasteiger partial charge in [-0.1, -0.05) is 0 Å². The maximum absolute atomic E-state index is 12.7. The Morgan fingerprint density at radius 2 is 1.95 bits per heavy atom. The first-order valence-corrected chi connectivity index (χ1v) is 6.27. The topological polar surface area (TPSA) is 61.1 Å². The second-order valence-electron chi connectivity index (χ2n) is 4.22. The van der Waals surface area contributed by atoms with Crippen LogP contribution in [0.4, 0.5) is 13.2 Å². The Kier molecular flexibility index (Phi) is 3.32. The van der Waals surface area contributed by atoms with E-state index in [1.165, 1.54) is 13.1 Å². The van der Waals surface area contributed by atoms with Gasteiger partial charge in [-0.3, -0.25) is 14.2 Å². The summed E-state index contributed by atoms with van der Waals surface area (Å²) in [5.74, 6) is 0. The fourth-order valence-corrected chi connectivity index (χ4v) is 2.73. The van der Waals surface area contributed by atoms with E-state index in [4.69, 9.17) is 0 Å². The van der Waals surface area contributed by atoms with Gasteiger partial charge in [-0.25, -0.2) is 9.36 Å². The van der Waals surface area contributed by atoms with Crippen LogP contribution in [-0.4, -0.2) is 21.6 Å². The van der Waals surface area contributed by atoms with Crippen molar-refractivity contribution in [3.63, 3.8) is 0 Å². The second-order valence-corrected chi connectivity index (χ2v) is 5.28. The highest BCUT2D eigenvalue weighted by Gasteiger charge is 2.39. The van der Waals surface area contributed by atoms with E-state index in [2.05, 4.69) is 0 Å². The fraction of sp³-hybridized carbons (Fsp3) is 0.364. The van der Waals surface area contributed by atoms with Crippen molar-refractivity contribution in [2.75, 3.05) is 0 Å². The third-order valence-corrected chi connectivity index (χ3v) is 4.09. The number of rotatable bonds is 2. The van der Waals surface area contributed by atoms with E-state index >= 15 is 0 Å². The van der Waals surface area contributed by atoms with Crippen molar-refractivity contribution in [2.45, 2.75) is 19.1 Å². The Hall–Kier alpha value is -1.90. The molecule has 1 unspecified atom stereocenters. The van der Waals surface area contributed by atoms with E-state index in [9.17, 15) is 27.6 Å². The summed E-state index contributed by atoms with van der Waals surface area (Å²) in [7, 11) is 1.26. The lowest BCUT2D eigenvalue weighted by atomic mass is 10.3. The number of nitrogens with zero attached hydrogens (tertiary/aromatic N) is 2. The molecule has 2 rings (SSSR count). The Labute approximate surface area is 113 Å². The number of alkyl halides is 3. The van der Waals surface area contributed by atoms with E-state index in [0.717, 1.165) is 22.8 Å². The average molecular weight is 306 g/mol. The molecule has 0 radical (unpaired) electrons. The molecule has 2 aromatic heterocycles. The van der Waals surface area contributed by atoms with Gasteiger partial charge in [0, 0.05) is 7.05 Å². The smallest absolute Gasteiger partial charge is 0.297 e. The third-order valence-electron chi connectivity index (χ3n) is 2.96. The first-order chi connectivity index (χ1) is 9.18. The van der Waals surface area contributed by atoms with Gasteiger partial charge in [-0.15, -0.1) is 11.3 Å². The second kappa shape index (κ2) is 4.58. The van der Waals surface area contributed by atoms with Crippen LogP contribution < -0.4 is 11.2 Å². The molecule has 9 heteroatoms. The first kappa shape index (κ1) is 14.5. The highest BCUT2D eigenvalue weighted by molar-refractivity contribution is 7.20. The van der Waals surface area contributed by atoms with E-state index in [0.29, 0.717) is 6.29 Å².